The Morgan fingerprint density at radius 3 is 2.62 bits per heavy atom. The van der Waals surface area contributed by atoms with Crippen LogP contribution in [0.5, 0.6) is 0 Å². The molecule has 0 saturated carbocycles. The van der Waals surface area contributed by atoms with Gasteiger partial charge in [-0.1, -0.05) is 0 Å². The maximum Gasteiger partial charge on any atom is 0.227 e. The number of piperidine rings is 1. The smallest absolute Gasteiger partial charge is 0.227 e. The van der Waals surface area contributed by atoms with Crippen molar-refractivity contribution in [2.75, 3.05) is 19.6 Å². The van der Waals surface area contributed by atoms with Crippen molar-refractivity contribution in [1.29, 1.82) is 0 Å². The average molecular weight is 226 g/mol. The third-order valence-electron chi connectivity index (χ3n) is 3.48. The van der Waals surface area contributed by atoms with Crippen LogP contribution in [0.4, 0.5) is 0 Å². The van der Waals surface area contributed by atoms with E-state index in [1.54, 1.807) is 11.8 Å². The van der Waals surface area contributed by atoms with Crippen LogP contribution in [0.1, 0.15) is 26.2 Å². The Morgan fingerprint density at radius 1 is 1.50 bits per heavy atom. The molecule has 0 aliphatic carbocycles. The molecule has 2 N–H and O–H groups in total. The largest absolute Gasteiger partial charge is 0.390 e. The molecular formula is C11H18N2O3. The van der Waals surface area contributed by atoms with E-state index in [-0.39, 0.29) is 17.7 Å². The fourth-order valence-corrected chi connectivity index (χ4v) is 2.25. The molecule has 0 radical (unpaired) electrons. The van der Waals surface area contributed by atoms with Crippen molar-refractivity contribution < 1.29 is 14.7 Å². The van der Waals surface area contributed by atoms with Crippen molar-refractivity contribution in [1.82, 2.24) is 10.2 Å². The van der Waals surface area contributed by atoms with Gasteiger partial charge in [0.25, 0.3) is 0 Å². The van der Waals surface area contributed by atoms with Gasteiger partial charge in [0.05, 0.1) is 11.5 Å². The normalized spacial score (nSPS) is 29.0. The number of likely N-dealkylation sites (tertiary alicyclic amines) is 1. The highest BCUT2D eigenvalue weighted by Crippen LogP contribution is 2.23. The molecule has 2 rings (SSSR count). The quantitative estimate of drug-likeness (QED) is 0.633. The molecule has 0 aromatic carbocycles. The lowest BCUT2D eigenvalue weighted by Crippen LogP contribution is -2.47. The first-order valence-electron chi connectivity index (χ1n) is 5.76. The van der Waals surface area contributed by atoms with Gasteiger partial charge in [-0.2, -0.15) is 0 Å². The fourth-order valence-electron chi connectivity index (χ4n) is 2.25. The summed E-state index contributed by atoms with van der Waals surface area (Å²) in [5.41, 5.74) is -0.638. The van der Waals surface area contributed by atoms with Crippen LogP contribution in [0, 0.1) is 5.92 Å². The molecule has 0 aromatic rings. The van der Waals surface area contributed by atoms with Gasteiger partial charge in [-0.15, -0.1) is 0 Å². The van der Waals surface area contributed by atoms with Crippen LogP contribution in [-0.4, -0.2) is 47.1 Å². The third kappa shape index (κ3) is 2.35. The van der Waals surface area contributed by atoms with Crippen molar-refractivity contribution in [2.24, 2.45) is 5.92 Å². The molecular weight excluding hydrogens is 208 g/mol. The Hall–Kier alpha value is -1.10. The summed E-state index contributed by atoms with van der Waals surface area (Å²) in [7, 11) is 0. The Labute approximate surface area is 94.8 Å². The standard InChI is InChI=1S/C11H18N2O3/c1-11(16)2-4-13(5-3-11)10(15)8-6-9(14)12-7-8/h8,16H,2-7H2,1H3,(H,12,14). The van der Waals surface area contributed by atoms with Crippen LogP contribution in [0.3, 0.4) is 0 Å². The molecule has 0 aromatic heterocycles. The van der Waals surface area contributed by atoms with Gasteiger partial charge in [-0.05, 0) is 19.8 Å². The lowest BCUT2D eigenvalue weighted by molar-refractivity contribution is -0.139. The van der Waals surface area contributed by atoms with Crippen LogP contribution < -0.4 is 5.32 Å². The molecule has 90 valence electrons. The molecule has 2 aliphatic heterocycles. The summed E-state index contributed by atoms with van der Waals surface area (Å²) in [5, 5.41) is 12.4. The predicted octanol–water partition coefficient (Wildman–Crippen LogP) is -0.504. The van der Waals surface area contributed by atoms with Gasteiger partial charge in [0.15, 0.2) is 0 Å². The number of aliphatic hydroxyl groups is 1. The lowest BCUT2D eigenvalue weighted by Gasteiger charge is -2.36. The zero-order valence-electron chi connectivity index (χ0n) is 9.53. The van der Waals surface area contributed by atoms with E-state index in [1.165, 1.54) is 0 Å². The maximum absolute atomic E-state index is 12.0. The minimum atomic E-state index is -0.638. The molecule has 0 spiro atoms. The van der Waals surface area contributed by atoms with E-state index in [1.807, 2.05) is 0 Å². The first-order chi connectivity index (χ1) is 7.48. The summed E-state index contributed by atoms with van der Waals surface area (Å²) in [6, 6.07) is 0. The molecule has 16 heavy (non-hydrogen) atoms. The molecule has 0 bridgehead atoms. The van der Waals surface area contributed by atoms with Gasteiger partial charge in [0, 0.05) is 26.1 Å². The molecule has 2 saturated heterocycles. The first-order valence-corrected chi connectivity index (χ1v) is 5.76. The van der Waals surface area contributed by atoms with Gasteiger partial charge in [-0.3, -0.25) is 9.59 Å². The van der Waals surface area contributed by atoms with Crippen molar-refractivity contribution in [3.8, 4) is 0 Å². The number of rotatable bonds is 1. The van der Waals surface area contributed by atoms with Gasteiger partial charge >= 0.3 is 0 Å². The van der Waals surface area contributed by atoms with Crippen molar-refractivity contribution in [3.05, 3.63) is 0 Å². The Morgan fingerprint density at radius 2 is 2.12 bits per heavy atom. The van der Waals surface area contributed by atoms with Crippen LogP contribution in [0.2, 0.25) is 0 Å². The van der Waals surface area contributed by atoms with Gasteiger partial charge in [0.2, 0.25) is 11.8 Å². The van der Waals surface area contributed by atoms with Crippen molar-refractivity contribution >= 4 is 11.8 Å². The summed E-state index contributed by atoms with van der Waals surface area (Å²) in [6.45, 7) is 3.45. The van der Waals surface area contributed by atoms with E-state index in [4.69, 9.17) is 0 Å². The highest BCUT2D eigenvalue weighted by Gasteiger charge is 2.35. The zero-order valence-corrected chi connectivity index (χ0v) is 9.53. The van der Waals surface area contributed by atoms with E-state index in [0.717, 1.165) is 0 Å². The Balaban J connectivity index is 1.89. The zero-order chi connectivity index (χ0) is 11.8. The highest BCUT2D eigenvalue weighted by atomic mass is 16.3. The number of hydrogen-bond acceptors (Lipinski definition) is 3. The number of carbonyl (C=O) groups excluding carboxylic acids is 2. The molecule has 2 fully saturated rings. The molecule has 2 aliphatic rings. The molecule has 5 heteroatoms. The molecule has 2 heterocycles. The first kappa shape index (κ1) is 11.4. The second kappa shape index (κ2) is 4.05. The van der Waals surface area contributed by atoms with Gasteiger partial charge < -0.3 is 15.3 Å². The van der Waals surface area contributed by atoms with Crippen LogP contribution in [-0.2, 0) is 9.59 Å². The summed E-state index contributed by atoms with van der Waals surface area (Å²) in [5.74, 6) is -0.188. The van der Waals surface area contributed by atoms with Crippen molar-refractivity contribution in [3.63, 3.8) is 0 Å². The number of carbonyl (C=O) groups is 2. The molecule has 1 atom stereocenters. The summed E-state index contributed by atoms with van der Waals surface area (Å²) >= 11 is 0. The minimum absolute atomic E-state index is 0.0395. The van der Waals surface area contributed by atoms with Crippen molar-refractivity contribution in [2.45, 2.75) is 31.8 Å². The summed E-state index contributed by atoms with van der Waals surface area (Å²) in [6.07, 6.45) is 1.55. The van der Waals surface area contributed by atoms with Crippen LogP contribution in [0.25, 0.3) is 0 Å². The Kier molecular flexibility index (Phi) is 2.88. The number of hydrogen-bond donors (Lipinski definition) is 2. The summed E-state index contributed by atoms with van der Waals surface area (Å²) < 4.78 is 0. The SMILES string of the molecule is CC1(O)CCN(C(=O)C2CNC(=O)C2)CC1. The topological polar surface area (TPSA) is 69.6 Å². The van der Waals surface area contributed by atoms with E-state index >= 15 is 0 Å². The average Bonchev–Trinajstić information content (AvgIpc) is 2.64. The number of nitrogens with one attached hydrogen (secondary N) is 1. The second-order valence-corrected chi connectivity index (χ2v) is 5.03. The van der Waals surface area contributed by atoms with Gasteiger partial charge in [-0.25, -0.2) is 0 Å². The van der Waals surface area contributed by atoms with Gasteiger partial charge in [0.1, 0.15) is 0 Å². The molecule has 1 unspecified atom stereocenters. The predicted molar refractivity (Wildman–Crippen MR) is 57.6 cm³/mol. The third-order valence-corrected chi connectivity index (χ3v) is 3.48. The van der Waals surface area contributed by atoms with Crippen LogP contribution >= 0.6 is 0 Å². The number of nitrogens with zero attached hydrogens (tertiary/aromatic N) is 1. The molecule has 5 nitrogen and oxygen atoms in total. The fraction of sp³-hybridized carbons (Fsp3) is 0.818. The highest BCUT2D eigenvalue weighted by molar-refractivity contribution is 5.89. The molecule has 2 amide bonds. The van der Waals surface area contributed by atoms with E-state index in [2.05, 4.69) is 5.32 Å². The van der Waals surface area contributed by atoms with E-state index in [0.29, 0.717) is 38.9 Å². The summed E-state index contributed by atoms with van der Waals surface area (Å²) in [4.78, 5) is 24.8. The number of amides is 2. The van der Waals surface area contributed by atoms with Crippen LogP contribution in [0.15, 0.2) is 0 Å². The lowest BCUT2D eigenvalue weighted by atomic mass is 9.93. The minimum Gasteiger partial charge on any atom is -0.390 e. The second-order valence-electron chi connectivity index (χ2n) is 5.03. The maximum atomic E-state index is 12.0. The van der Waals surface area contributed by atoms with E-state index < -0.39 is 5.60 Å². The van der Waals surface area contributed by atoms with E-state index in [9.17, 15) is 14.7 Å². The monoisotopic (exact) mass is 226 g/mol. The Bertz CT molecular complexity index is 304.